The van der Waals surface area contributed by atoms with Gasteiger partial charge >= 0.3 is 0 Å². The predicted molar refractivity (Wildman–Crippen MR) is 218 cm³/mol. The van der Waals surface area contributed by atoms with E-state index in [2.05, 4.69) is 205 Å². The Balaban J connectivity index is 1.18. The van der Waals surface area contributed by atoms with E-state index in [1.54, 1.807) is 0 Å². The van der Waals surface area contributed by atoms with Gasteiger partial charge in [0.1, 0.15) is 0 Å². The molecular weight excluding hydrogens is 627 g/mol. The van der Waals surface area contributed by atoms with E-state index in [1.807, 2.05) is 0 Å². The molecule has 0 spiro atoms. The summed E-state index contributed by atoms with van der Waals surface area (Å²) in [6.45, 7) is 0. The van der Waals surface area contributed by atoms with Gasteiger partial charge in [-0.1, -0.05) is 158 Å². The lowest BCUT2D eigenvalue weighted by molar-refractivity contribution is 0.768. The van der Waals surface area contributed by atoms with Gasteiger partial charge in [-0.2, -0.15) is 0 Å². The summed E-state index contributed by atoms with van der Waals surface area (Å²) in [7, 11) is 0. The molecule has 0 unspecified atom stereocenters. The number of benzene rings is 9. The van der Waals surface area contributed by atoms with Crippen molar-refractivity contribution < 1.29 is 0 Å². The van der Waals surface area contributed by atoms with Crippen LogP contribution in [0.2, 0.25) is 0 Å². The molecule has 0 heterocycles. The minimum absolute atomic E-state index is 0.474. The maximum atomic E-state index is 2.47. The normalized spacial score (nSPS) is 13.2. The quantitative estimate of drug-likeness (QED) is 0.178. The summed E-state index contributed by atoms with van der Waals surface area (Å²) in [5, 5.41) is 5.12. The molecule has 0 radical (unpaired) electrons. The van der Waals surface area contributed by atoms with E-state index in [4.69, 9.17) is 0 Å². The van der Waals surface area contributed by atoms with Gasteiger partial charge in [0, 0.05) is 16.8 Å². The molecule has 2 aliphatic rings. The molecule has 0 N–H and O–H groups in total. The molecule has 9 aromatic carbocycles. The van der Waals surface area contributed by atoms with Gasteiger partial charge in [-0.15, -0.1) is 0 Å². The van der Waals surface area contributed by atoms with Crippen LogP contribution in [0.15, 0.2) is 200 Å². The molecule has 0 atom stereocenters. The summed E-state index contributed by atoms with van der Waals surface area (Å²) in [6.07, 6.45) is 0. The zero-order valence-corrected chi connectivity index (χ0v) is 28.5. The Kier molecular flexibility index (Phi) is 6.23. The van der Waals surface area contributed by atoms with Crippen LogP contribution in [-0.2, 0) is 5.41 Å². The summed E-state index contributed by atoms with van der Waals surface area (Å²) < 4.78 is 0. The van der Waals surface area contributed by atoms with E-state index in [9.17, 15) is 0 Å². The second kappa shape index (κ2) is 11.2. The van der Waals surface area contributed by atoms with E-state index in [0.717, 1.165) is 11.4 Å². The first-order valence-electron chi connectivity index (χ1n) is 18.1. The van der Waals surface area contributed by atoms with Crippen molar-refractivity contribution >= 4 is 38.6 Å². The fraction of sp³-hybridized carbons (Fsp3) is 0.0196. The van der Waals surface area contributed by atoms with Crippen molar-refractivity contribution in [1.82, 2.24) is 0 Å². The molecule has 2 aliphatic carbocycles. The number of fused-ring (bicyclic) bond motifs is 7. The predicted octanol–water partition coefficient (Wildman–Crippen LogP) is 13.5. The van der Waals surface area contributed by atoms with E-state index >= 15 is 0 Å². The minimum atomic E-state index is -0.474. The fourth-order valence-electron chi connectivity index (χ4n) is 9.30. The van der Waals surface area contributed by atoms with E-state index < -0.39 is 5.41 Å². The Labute approximate surface area is 303 Å². The summed E-state index contributed by atoms with van der Waals surface area (Å²) >= 11 is 0. The SMILES string of the molecule is c1ccc(N(c2ccc3c(c2)C(c2ccccc2)(c2ccccc2)c2ccccc2-3)c2ccc3c4c(cccc24)-c2cc4ccccc4cc2-3)cc1. The monoisotopic (exact) mass is 659 g/mol. The van der Waals surface area contributed by atoms with Crippen molar-refractivity contribution in [2.75, 3.05) is 4.90 Å². The molecule has 1 heteroatoms. The maximum absolute atomic E-state index is 2.47. The van der Waals surface area contributed by atoms with Crippen LogP contribution in [0, 0.1) is 0 Å². The van der Waals surface area contributed by atoms with E-state index in [-0.39, 0.29) is 0 Å². The van der Waals surface area contributed by atoms with Crippen molar-refractivity contribution in [1.29, 1.82) is 0 Å². The topological polar surface area (TPSA) is 3.24 Å². The largest absolute Gasteiger partial charge is 0.310 e. The van der Waals surface area contributed by atoms with Crippen molar-refractivity contribution in [2.45, 2.75) is 5.41 Å². The van der Waals surface area contributed by atoms with Crippen LogP contribution in [0.25, 0.3) is 54.9 Å². The average Bonchev–Trinajstić information content (AvgIpc) is 3.69. The standard InChI is InChI=1S/C51H33N/c1-4-17-36(18-5-1)51(37-19-6-2-7-20-37)47-26-13-12-23-40(47)41-28-27-39(33-48(41)51)52(38-21-8-3-9-22-38)49-30-29-43-46-32-35-16-11-10-15-34(35)31-45(46)42-24-14-25-44(49)50(42)43/h1-33H. The smallest absolute Gasteiger partial charge is 0.0714 e. The zero-order valence-electron chi connectivity index (χ0n) is 28.5. The van der Waals surface area contributed by atoms with Crippen LogP contribution in [0.4, 0.5) is 17.1 Å². The van der Waals surface area contributed by atoms with Crippen LogP contribution in [0.3, 0.4) is 0 Å². The Morgan fingerprint density at radius 1 is 0.327 bits per heavy atom. The minimum Gasteiger partial charge on any atom is -0.310 e. The molecule has 0 aromatic heterocycles. The lowest BCUT2D eigenvalue weighted by atomic mass is 9.67. The number of hydrogen-bond acceptors (Lipinski definition) is 1. The van der Waals surface area contributed by atoms with Crippen molar-refractivity contribution in [2.24, 2.45) is 0 Å². The summed E-state index contributed by atoms with van der Waals surface area (Å²) in [5.41, 5.74) is 15.9. The average molecular weight is 660 g/mol. The van der Waals surface area contributed by atoms with Gasteiger partial charge in [0.25, 0.3) is 0 Å². The molecule has 0 saturated heterocycles. The van der Waals surface area contributed by atoms with Crippen molar-refractivity contribution in [3.8, 4) is 33.4 Å². The zero-order chi connectivity index (χ0) is 34.2. The first kappa shape index (κ1) is 29.1. The molecule has 0 fully saturated rings. The molecule has 0 bridgehead atoms. The second-order valence-electron chi connectivity index (χ2n) is 14.0. The highest BCUT2D eigenvalue weighted by Crippen LogP contribution is 2.58. The van der Waals surface area contributed by atoms with Crippen LogP contribution >= 0.6 is 0 Å². The molecular formula is C51H33N. The molecule has 9 aromatic rings. The lowest BCUT2D eigenvalue weighted by Crippen LogP contribution is -2.28. The number of hydrogen-bond donors (Lipinski definition) is 0. The highest BCUT2D eigenvalue weighted by atomic mass is 15.1. The Hall–Kier alpha value is -6.70. The summed E-state index contributed by atoms with van der Waals surface area (Å²) in [5.74, 6) is 0. The van der Waals surface area contributed by atoms with Gasteiger partial charge in [-0.05, 0) is 114 Å². The number of anilines is 3. The van der Waals surface area contributed by atoms with Crippen LogP contribution in [0.5, 0.6) is 0 Å². The summed E-state index contributed by atoms with van der Waals surface area (Å²) in [4.78, 5) is 2.46. The Bertz CT molecular complexity index is 2750. The Morgan fingerprint density at radius 2 is 0.865 bits per heavy atom. The highest BCUT2D eigenvalue weighted by molar-refractivity contribution is 6.20. The van der Waals surface area contributed by atoms with Gasteiger partial charge in [0.2, 0.25) is 0 Å². The second-order valence-corrected chi connectivity index (χ2v) is 14.0. The van der Waals surface area contributed by atoms with Gasteiger partial charge in [0.05, 0.1) is 11.1 Å². The Morgan fingerprint density at radius 3 is 1.56 bits per heavy atom. The molecule has 0 aliphatic heterocycles. The third-order valence-electron chi connectivity index (χ3n) is 11.4. The molecule has 11 rings (SSSR count). The first-order chi connectivity index (χ1) is 25.8. The van der Waals surface area contributed by atoms with Gasteiger partial charge in [-0.3, -0.25) is 0 Å². The van der Waals surface area contributed by atoms with E-state index in [1.165, 1.54) is 82.9 Å². The number of para-hydroxylation sites is 1. The van der Waals surface area contributed by atoms with Crippen molar-refractivity contribution in [3.63, 3.8) is 0 Å². The van der Waals surface area contributed by atoms with Crippen LogP contribution < -0.4 is 4.90 Å². The van der Waals surface area contributed by atoms with Gasteiger partial charge in [0.15, 0.2) is 0 Å². The molecule has 1 nitrogen and oxygen atoms in total. The lowest BCUT2D eigenvalue weighted by Gasteiger charge is -2.35. The van der Waals surface area contributed by atoms with Crippen molar-refractivity contribution in [3.05, 3.63) is 222 Å². The maximum Gasteiger partial charge on any atom is 0.0714 e. The molecule has 52 heavy (non-hydrogen) atoms. The number of nitrogens with zero attached hydrogens (tertiary/aromatic N) is 1. The number of rotatable bonds is 5. The first-order valence-corrected chi connectivity index (χ1v) is 18.1. The molecule has 0 amide bonds. The third kappa shape index (κ3) is 3.99. The fourth-order valence-corrected chi connectivity index (χ4v) is 9.30. The van der Waals surface area contributed by atoms with Crippen LogP contribution in [-0.4, -0.2) is 0 Å². The molecule has 242 valence electrons. The third-order valence-corrected chi connectivity index (χ3v) is 11.4. The van der Waals surface area contributed by atoms with E-state index in [0.29, 0.717) is 0 Å². The van der Waals surface area contributed by atoms with Gasteiger partial charge < -0.3 is 4.90 Å². The summed E-state index contributed by atoms with van der Waals surface area (Å²) in [6, 6.07) is 74.1. The van der Waals surface area contributed by atoms with Crippen LogP contribution in [0.1, 0.15) is 22.3 Å². The molecule has 0 saturated carbocycles. The highest BCUT2D eigenvalue weighted by Gasteiger charge is 2.46. The van der Waals surface area contributed by atoms with Gasteiger partial charge in [-0.25, -0.2) is 0 Å².